The van der Waals surface area contributed by atoms with Crippen molar-refractivity contribution in [3.63, 3.8) is 0 Å². The number of carbonyl (C=O) groups is 1. The van der Waals surface area contributed by atoms with Gasteiger partial charge in [-0.1, -0.05) is 64.8 Å². The molecule has 0 aromatic heterocycles. The van der Waals surface area contributed by atoms with Gasteiger partial charge >= 0.3 is 0 Å². The van der Waals surface area contributed by atoms with Crippen LogP contribution in [-0.2, 0) is 5.75 Å². The van der Waals surface area contributed by atoms with Gasteiger partial charge in [-0.25, -0.2) is 0 Å². The summed E-state index contributed by atoms with van der Waals surface area (Å²) in [6.07, 6.45) is 0. The largest absolute Gasteiger partial charge is 0.286 e. The third-order valence-corrected chi connectivity index (χ3v) is 5.29. The smallest absolute Gasteiger partial charge is 0.261 e. The quantitative estimate of drug-likeness (QED) is 0.748. The minimum absolute atomic E-state index is 0.135. The number of nitrogens with zero attached hydrogens (tertiary/aromatic N) is 2. The van der Waals surface area contributed by atoms with Crippen LogP contribution in [0.1, 0.15) is 21.5 Å². The van der Waals surface area contributed by atoms with Crippen LogP contribution in [0.3, 0.4) is 0 Å². The molecule has 0 N–H and O–H groups in total. The lowest BCUT2D eigenvalue weighted by atomic mass is 10.2. The van der Waals surface area contributed by atoms with E-state index in [1.807, 2.05) is 6.07 Å². The summed E-state index contributed by atoms with van der Waals surface area (Å²) in [7, 11) is 0. The summed E-state index contributed by atoms with van der Waals surface area (Å²) in [5.74, 6) is 0.642. The molecule has 1 heterocycles. The zero-order valence-corrected chi connectivity index (χ0v) is 15.5. The van der Waals surface area contributed by atoms with Crippen LogP contribution < -0.4 is 0 Å². The molecule has 0 atom stereocenters. The number of aryl methyl sites for hydroxylation is 1. The molecule has 1 aliphatic rings. The number of halogens is 2. The van der Waals surface area contributed by atoms with Crippen molar-refractivity contribution in [3.8, 4) is 0 Å². The van der Waals surface area contributed by atoms with Crippen LogP contribution in [0.2, 0.25) is 10.0 Å². The highest BCUT2D eigenvalue weighted by Crippen LogP contribution is 2.26. The Morgan fingerprint density at radius 3 is 2.83 bits per heavy atom. The predicted molar refractivity (Wildman–Crippen MR) is 102 cm³/mol. The van der Waals surface area contributed by atoms with E-state index in [1.165, 1.54) is 11.1 Å². The average molecular weight is 379 g/mol. The number of amidine groups is 1. The number of benzene rings is 2. The predicted octanol–water partition coefficient (Wildman–Crippen LogP) is 5.05. The summed E-state index contributed by atoms with van der Waals surface area (Å²) in [5.41, 5.74) is 2.89. The van der Waals surface area contributed by atoms with Gasteiger partial charge in [0.2, 0.25) is 0 Å². The molecule has 0 saturated heterocycles. The van der Waals surface area contributed by atoms with E-state index in [9.17, 15) is 4.79 Å². The molecule has 0 aliphatic carbocycles. The number of hydrogen-bond acceptors (Lipinski definition) is 3. The number of amides is 1. The Kier molecular flexibility index (Phi) is 5.49. The van der Waals surface area contributed by atoms with Crippen LogP contribution in [0.4, 0.5) is 0 Å². The van der Waals surface area contributed by atoms with Gasteiger partial charge < -0.3 is 0 Å². The van der Waals surface area contributed by atoms with Gasteiger partial charge in [0.15, 0.2) is 5.17 Å². The van der Waals surface area contributed by atoms with Gasteiger partial charge in [-0.3, -0.25) is 14.7 Å². The third kappa shape index (κ3) is 3.94. The van der Waals surface area contributed by atoms with Crippen LogP contribution in [0.5, 0.6) is 0 Å². The van der Waals surface area contributed by atoms with E-state index in [0.717, 1.165) is 10.9 Å². The highest BCUT2D eigenvalue weighted by Gasteiger charge is 2.26. The first-order chi connectivity index (χ1) is 11.5. The van der Waals surface area contributed by atoms with Crippen LogP contribution in [-0.4, -0.2) is 29.1 Å². The van der Waals surface area contributed by atoms with E-state index in [-0.39, 0.29) is 5.91 Å². The molecule has 3 nitrogen and oxygen atoms in total. The second-order valence-electron chi connectivity index (χ2n) is 5.52. The molecule has 1 amide bonds. The van der Waals surface area contributed by atoms with Crippen LogP contribution in [0, 0.1) is 6.92 Å². The molecule has 0 unspecified atom stereocenters. The van der Waals surface area contributed by atoms with Crippen LogP contribution in [0.25, 0.3) is 0 Å². The minimum atomic E-state index is -0.135. The van der Waals surface area contributed by atoms with Gasteiger partial charge in [-0.05, 0) is 30.7 Å². The van der Waals surface area contributed by atoms with Crippen molar-refractivity contribution < 1.29 is 4.79 Å². The van der Waals surface area contributed by atoms with Gasteiger partial charge in [-0.15, -0.1) is 0 Å². The lowest BCUT2D eigenvalue weighted by molar-refractivity contribution is 0.0861. The summed E-state index contributed by atoms with van der Waals surface area (Å²) >= 11 is 13.6. The van der Waals surface area contributed by atoms with Crippen molar-refractivity contribution in [2.45, 2.75) is 12.7 Å². The summed E-state index contributed by atoms with van der Waals surface area (Å²) in [6, 6.07) is 13.3. The molecule has 3 rings (SSSR count). The number of thioether (sulfide) groups is 1. The van der Waals surface area contributed by atoms with E-state index >= 15 is 0 Å². The van der Waals surface area contributed by atoms with Gasteiger partial charge in [0.25, 0.3) is 5.91 Å². The number of hydrogen-bond donors (Lipinski definition) is 0. The zero-order valence-electron chi connectivity index (χ0n) is 13.1. The maximum atomic E-state index is 12.8. The van der Waals surface area contributed by atoms with Crippen molar-refractivity contribution in [3.05, 3.63) is 69.2 Å². The zero-order chi connectivity index (χ0) is 17.1. The standard InChI is InChI=1S/C18H16Cl2N2OS/c1-12-3-2-4-13(9-12)11-24-18-21-7-8-22(18)17(23)15-6-5-14(19)10-16(15)20/h2-6,9-10H,7-8,11H2,1H3. The topological polar surface area (TPSA) is 32.7 Å². The van der Waals surface area contributed by atoms with Gasteiger partial charge in [-0.2, -0.15) is 0 Å². The molecule has 0 spiro atoms. The summed E-state index contributed by atoms with van der Waals surface area (Å²) in [5, 5.41) is 1.62. The van der Waals surface area contributed by atoms with Crippen molar-refractivity contribution in [1.82, 2.24) is 4.90 Å². The Morgan fingerprint density at radius 2 is 2.08 bits per heavy atom. The summed E-state index contributed by atoms with van der Waals surface area (Å²) in [6.45, 7) is 3.26. The average Bonchev–Trinajstić information content (AvgIpc) is 3.01. The molecule has 24 heavy (non-hydrogen) atoms. The van der Waals surface area contributed by atoms with E-state index in [0.29, 0.717) is 28.7 Å². The van der Waals surface area contributed by atoms with Gasteiger partial charge in [0.05, 0.1) is 17.1 Å². The van der Waals surface area contributed by atoms with E-state index in [1.54, 1.807) is 34.9 Å². The molecule has 2 aromatic carbocycles. The van der Waals surface area contributed by atoms with Crippen molar-refractivity contribution >= 4 is 46.0 Å². The fourth-order valence-corrected chi connectivity index (χ4v) is 3.97. The normalized spacial score (nSPS) is 14.0. The molecular formula is C18H16Cl2N2OS. The molecule has 0 radical (unpaired) electrons. The highest BCUT2D eigenvalue weighted by molar-refractivity contribution is 8.13. The first-order valence-corrected chi connectivity index (χ1v) is 9.28. The fraction of sp³-hybridized carbons (Fsp3) is 0.222. The molecular weight excluding hydrogens is 363 g/mol. The Balaban J connectivity index is 1.72. The Morgan fingerprint density at radius 1 is 1.25 bits per heavy atom. The second-order valence-corrected chi connectivity index (χ2v) is 7.31. The van der Waals surface area contributed by atoms with Crippen LogP contribution in [0.15, 0.2) is 47.5 Å². The minimum Gasteiger partial charge on any atom is -0.286 e. The summed E-state index contributed by atoms with van der Waals surface area (Å²) < 4.78 is 0. The Hall–Kier alpha value is -1.49. The van der Waals surface area contributed by atoms with Crippen molar-refractivity contribution in [2.75, 3.05) is 13.1 Å². The maximum Gasteiger partial charge on any atom is 0.261 e. The lowest BCUT2D eigenvalue weighted by Crippen LogP contribution is -2.33. The number of aliphatic imine (C=N–C) groups is 1. The number of rotatable bonds is 3. The molecule has 124 valence electrons. The monoisotopic (exact) mass is 378 g/mol. The SMILES string of the molecule is Cc1cccc(CSC2=NCCN2C(=O)c2ccc(Cl)cc2Cl)c1. The Bertz CT molecular complexity index is 807. The van der Waals surface area contributed by atoms with Gasteiger partial charge in [0, 0.05) is 17.3 Å². The van der Waals surface area contributed by atoms with Crippen molar-refractivity contribution in [1.29, 1.82) is 0 Å². The molecule has 0 fully saturated rings. The Labute approximate surface area is 155 Å². The summed E-state index contributed by atoms with van der Waals surface area (Å²) in [4.78, 5) is 18.9. The lowest BCUT2D eigenvalue weighted by Gasteiger charge is -2.18. The molecule has 0 saturated carbocycles. The molecule has 2 aromatic rings. The van der Waals surface area contributed by atoms with Crippen LogP contribution >= 0.6 is 35.0 Å². The van der Waals surface area contributed by atoms with E-state index in [4.69, 9.17) is 23.2 Å². The number of carbonyl (C=O) groups excluding carboxylic acids is 1. The first kappa shape index (κ1) is 17.3. The highest BCUT2D eigenvalue weighted by atomic mass is 35.5. The fourth-order valence-electron chi connectivity index (χ4n) is 2.50. The van der Waals surface area contributed by atoms with Crippen molar-refractivity contribution in [2.24, 2.45) is 4.99 Å². The van der Waals surface area contributed by atoms with Gasteiger partial charge in [0.1, 0.15) is 0 Å². The third-order valence-electron chi connectivity index (χ3n) is 3.66. The maximum absolute atomic E-state index is 12.8. The molecule has 6 heteroatoms. The van der Waals surface area contributed by atoms with E-state index in [2.05, 4.69) is 30.1 Å². The van der Waals surface area contributed by atoms with E-state index < -0.39 is 0 Å². The second kappa shape index (κ2) is 7.60. The molecule has 0 bridgehead atoms. The molecule has 1 aliphatic heterocycles. The first-order valence-electron chi connectivity index (χ1n) is 7.54.